The van der Waals surface area contributed by atoms with Crippen LogP contribution >= 0.6 is 0 Å². The molecule has 2 aliphatic rings. The molecular weight excluding hydrogens is 384 g/mol. The highest BCUT2D eigenvalue weighted by molar-refractivity contribution is 5.68. The lowest BCUT2D eigenvalue weighted by Gasteiger charge is -2.32. The Morgan fingerprint density at radius 2 is 1.90 bits per heavy atom. The fraction of sp³-hybridized carbons (Fsp3) is 0.636. The third-order valence-electron chi connectivity index (χ3n) is 5.52. The molecule has 0 aliphatic carbocycles. The van der Waals surface area contributed by atoms with Crippen molar-refractivity contribution in [3.8, 4) is 11.5 Å². The van der Waals surface area contributed by atoms with Gasteiger partial charge in [0.25, 0.3) is 5.89 Å². The molecule has 0 bridgehead atoms. The number of ether oxygens (including phenoxy) is 2. The van der Waals surface area contributed by atoms with Crippen molar-refractivity contribution in [1.82, 2.24) is 20.0 Å². The lowest BCUT2D eigenvalue weighted by molar-refractivity contribution is 0.0203. The van der Waals surface area contributed by atoms with E-state index in [4.69, 9.17) is 14.0 Å². The van der Waals surface area contributed by atoms with Crippen LogP contribution in [0.1, 0.15) is 69.1 Å². The van der Waals surface area contributed by atoms with Crippen molar-refractivity contribution in [3.63, 3.8) is 0 Å². The molecule has 4 heterocycles. The van der Waals surface area contributed by atoms with Gasteiger partial charge in [0, 0.05) is 48.5 Å². The normalized spacial score (nSPS) is 20.5. The summed E-state index contributed by atoms with van der Waals surface area (Å²) in [5, 5.41) is 4.24. The molecule has 30 heavy (non-hydrogen) atoms. The Labute approximate surface area is 177 Å². The third kappa shape index (κ3) is 4.80. The molecule has 0 aromatic carbocycles. The van der Waals surface area contributed by atoms with Crippen LogP contribution in [0.3, 0.4) is 0 Å². The standard InChI is InChI=1S/C22H30N4O4/c1-14-11-17(12-18(23-14)16-7-10-28-13-16)20-24-19(25-30-20)15-5-8-26(9-6-15)21(27)29-22(2,3)4/h11-12,15-16H,5-10,13H2,1-4H3. The molecule has 4 rings (SSSR count). The van der Waals surface area contributed by atoms with Crippen molar-refractivity contribution in [2.45, 2.75) is 64.4 Å². The van der Waals surface area contributed by atoms with Crippen LogP contribution in [0.2, 0.25) is 0 Å². The zero-order valence-electron chi connectivity index (χ0n) is 18.2. The van der Waals surface area contributed by atoms with E-state index < -0.39 is 5.60 Å². The monoisotopic (exact) mass is 414 g/mol. The Kier molecular flexibility index (Phi) is 5.77. The van der Waals surface area contributed by atoms with Crippen molar-refractivity contribution in [1.29, 1.82) is 0 Å². The number of hydrogen-bond donors (Lipinski definition) is 0. The van der Waals surface area contributed by atoms with Gasteiger partial charge in [-0.2, -0.15) is 4.98 Å². The predicted octanol–water partition coefficient (Wildman–Crippen LogP) is 4.06. The highest BCUT2D eigenvalue weighted by Crippen LogP contribution is 2.31. The molecule has 1 amide bonds. The summed E-state index contributed by atoms with van der Waals surface area (Å²) in [7, 11) is 0. The second-order valence-corrected chi connectivity index (χ2v) is 9.18. The van der Waals surface area contributed by atoms with Gasteiger partial charge >= 0.3 is 6.09 Å². The number of hydrogen-bond acceptors (Lipinski definition) is 7. The summed E-state index contributed by atoms with van der Waals surface area (Å²) in [6.45, 7) is 10.4. The van der Waals surface area contributed by atoms with Crippen molar-refractivity contribution in [2.75, 3.05) is 26.3 Å². The molecule has 2 aromatic heterocycles. The first-order valence-corrected chi connectivity index (χ1v) is 10.7. The van der Waals surface area contributed by atoms with E-state index in [0.717, 1.165) is 42.8 Å². The number of carbonyl (C=O) groups excluding carboxylic acids is 1. The summed E-state index contributed by atoms with van der Waals surface area (Å²) >= 11 is 0. The quantitative estimate of drug-likeness (QED) is 0.748. The largest absolute Gasteiger partial charge is 0.444 e. The van der Waals surface area contributed by atoms with Crippen molar-refractivity contribution in [2.24, 2.45) is 0 Å². The first-order chi connectivity index (χ1) is 14.3. The molecule has 162 valence electrons. The fourth-order valence-corrected chi connectivity index (χ4v) is 3.96. The lowest BCUT2D eigenvalue weighted by Crippen LogP contribution is -2.41. The van der Waals surface area contributed by atoms with Crippen LogP contribution < -0.4 is 0 Å². The lowest BCUT2D eigenvalue weighted by atomic mass is 9.96. The van der Waals surface area contributed by atoms with E-state index in [-0.39, 0.29) is 12.0 Å². The summed E-state index contributed by atoms with van der Waals surface area (Å²) in [5.74, 6) is 1.72. The highest BCUT2D eigenvalue weighted by Gasteiger charge is 2.30. The van der Waals surface area contributed by atoms with Crippen molar-refractivity contribution in [3.05, 3.63) is 29.3 Å². The van der Waals surface area contributed by atoms with Crippen LogP contribution in [0, 0.1) is 6.92 Å². The number of piperidine rings is 1. The van der Waals surface area contributed by atoms with Crippen molar-refractivity contribution < 1.29 is 18.8 Å². The third-order valence-corrected chi connectivity index (χ3v) is 5.52. The summed E-state index contributed by atoms with van der Waals surface area (Å²) in [6, 6.07) is 4.01. The van der Waals surface area contributed by atoms with E-state index in [1.165, 1.54) is 0 Å². The number of nitrogens with zero attached hydrogens (tertiary/aromatic N) is 4. The Hall–Kier alpha value is -2.48. The minimum atomic E-state index is -0.483. The topological polar surface area (TPSA) is 90.6 Å². The van der Waals surface area contributed by atoms with Gasteiger partial charge in [0.05, 0.1) is 6.61 Å². The number of rotatable bonds is 3. The van der Waals surface area contributed by atoms with E-state index in [0.29, 0.717) is 37.3 Å². The highest BCUT2D eigenvalue weighted by atomic mass is 16.6. The molecule has 2 aliphatic heterocycles. The predicted molar refractivity (Wildman–Crippen MR) is 110 cm³/mol. The first kappa shape index (κ1) is 20.8. The number of amides is 1. The van der Waals surface area contributed by atoms with Crippen LogP contribution in [0.5, 0.6) is 0 Å². The van der Waals surface area contributed by atoms with Gasteiger partial charge in [0.1, 0.15) is 5.60 Å². The molecule has 0 radical (unpaired) electrons. The Morgan fingerprint density at radius 1 is 1.13 bits per heavy atom. The van der Waals surface area contributed by atoms with E-state index >= 15 is 0 Å². The molecule has 8 heteroatoms. The number of pyridine rings is 1. The van der Waals surface area contributed by atoms with Crippen LogP contribution in [-0.2, 0) is 9.47 Å². The molecule has 0 N–H and O–H groups in total. The molecule has 0 spiro atoms. The second kappa shape index (κ2) is 8.34. The minimum absolute atomic E-state index is 0.173. The summed E-state index contributed by atoms with van der Waals surface area (Å²) in [5.41, 5.74) is 2.37. The zero-order valence-corrected chi connectivity index (χ0v) is 18.2. The van der Waals surface area contributed by atoms with E-state index in [1.807, 2.05) is 39.8 Å². The Bertz CT molecular complexity index is 891. The first-order valence-electron chi connectivity index (χ1n) is 10.7. The van der Waals surface area contributed by atoms with Crippen LogP contribution in [-0.4, -0.2) is 58.0 Å². The van der Waals surface area contributed by atoms with E-state index in [2.05, 4.69) is 15.1 Å². The Balaban J connectivity index is 1.42. The van der Waals surface area contributed by atoms with Gasteiger partial charge in [-0.3, -0.25) is 4.98 Å². The number of aryl methyl sites for hydroxylation is 1. The fourth-order valence-electron chi connectivity index (χ4n) is 3.96. The molecule has 0 saturated carbocycles. The second-order valence-electron chi connectivity index (χ2n) is 9.18. The molecule has 8 nitrogen and oxygen atoms in total. The van der Waals surface area contributed by atoms with Gasteiger partial charge in [-0.25, -0.2) is 4.79 Å². The van der Waals surface area contributed by atoms with Crippen molar-refractivity contribution >= 4 is 6.09 Å². The SMILES string of the molecule is Cc1cc(-c2nc(C3CCN(C(=O)OC(C)(C)C)CC3)no2)cc(C2CCOC2)n1. The summed E-state index contributed by atoms with van der Waals surface area (Å²) in [4.78, 5) is 23.4. The summed E-state index contributed by atoms with van der Waals surface area (Å²) in [6.07, 6.45) is 2.31. The van der Waals surface area contributed by atoms with Gasteiger partial charge < -0.3 is 18.9 Å². The zero-order chi connectivity index (χ0) is 21.3. The minimum Gasteiger partial charge on any atom is -0.444 e. The number of likely N-dealkylation sites (tertiary alicyclic amines) is 1. The van der Waals surface area contributed by atoms with Gasteiger partial charge in [-0.15, -0.1) is 0 Å². The van der Waals surface area contributed by atoms with Gasteiger partial charge in [0.15, 0.2) is 5.82 Å². The average molecular weight is 415 g/mol. The van der Waals surface area contributed by atoms with E-state index in [1.54, 1.807) is 4.90 Å². The molecular formula is C22H30N4O4. The average Bonchev–Trinajstić information content (AvgIpc) is 3.39. The van der Waals surface area contributed by atoms with Crippen LogP contribution in [0.15, 0.2) is 16.7 Å². The molecule has 1 unspecified atom stereocenters. The van der Waals surface area contributed by atoms with Crippen LogP contribution in [0.4, 0.5) is 4.79 Å². The molecule has 2 saturated heterocycles. The molecule has 2 fully saturated rings. The van der Waals surface area contributed by atoms with Crippen LogP contribution in [0.25, 0.3) is 11.5 Å². The van der Waals surface area contributed by atoms with Gasteiger partial charge in [-0.05, 0) is 59.1 Å². The Morgan fingerprint density at radius 3 is 2.57 bits per heavy atom. The maximum atomic E-state index is 12.3. The van der Waals surface area contributed by atoms with Gasteiger partial charge in [-0.1, -0.05) is 5.16 Å². The number of aromatic nitrogens is 3. The molecule has 2 aromatic rings. The van der Waals surface area contributed by atoms with E-state index in [9.17, 15) is 4.79 Å². The smallest absolute Gasteiger partial charge is 0.410 e. The number of carbonyl (C=O) groups is 1. The maximum absolute atomic E-state index is 12.3. The molecule has 1 atom stereocenters. The van der Waals surface area contributed by atoms with Gasteiger partial charge in [0.2, 0.25) is 0 Å². The summed E-state index contributed by atoms with van der Waals surface area (Å²) < 4.78 is 16.6. The maximum Gasteiger partial charge on any atom is 0.410 e.